The Morgan fingerprint density at radius 2 is 2.00 bits per heavy atom. The normalized spacial score (nSPS) is 10.3. The summed E-state index contributed by atoms with van der Waals surface area (Å²) < 4.78 is 0. The van der Waals surface area contributed by atoms with E-state index in [4.69, 9.17) is 0 Å². The van der Waals surface area contributed by atoms with Crippen LogP contribution >= 0.6 is 11.8 Å². The van der Waals surface area contributed by atoms with Gasteiger partial charge in [-0.2, -0.15) is 0 Å². The third-order valence-electron chi connectivity index (χ3n) is 2.81. The molecule has 0 saturated carbocycles. The van der Waals surface area contributed by atoms with Crippen LogP contribution in [0.2, 0.25) is 0 Å². The molecule has 0 atom stereocenters. The fourth-order valence-electron chi connectivity index (χ4n) is 1.91. The molecule has 0 fully saturated rings. The topological polar surface area (TPSA) is 29.1 Å². The van der Waals surface area contributed by atoms with Gasteiger partial charge in [-0.05, 0) is 16.3 Å². The van der Waals surface area contributed by atoms with Gasteiger partial charge in [-0.1, -0.05) is 48.5 Å². The molecule has 1 N–H and O–H groups in total. The molecule has 0 aliphatic carbocycles. The van der Waals surface area contributed by atoms with Gasteiger partial charge in [0.05, 0.1) is 5.75 Å². The van der Waals surface area contributed by atoms with Crippen molar-refractivity contribution in [1.82, 2.24) is 5.32 Å². The zero-order chi connectivity index (χ0) is 13.5. The largest absolute Gasteiger partial charge is 0.352 e. The monoisotopic (exact) mass is 271 g/mol. The number of hydrogen-bond donors (Lipinski definition) is 1. The molecule has 2 aromatic rings. The van der Waals surface area contributed by atoms with Gasteiger partial charge in [0.2, 0.25) is 5.91 Å². The first kappa shape index (κ1) is 13.7. The van der Waals surface area contributed by atoms with E-state index in [1.165, 1.54) is 16.3 Å². The zero-order valence-corrected chi connectivity index (χ0v) is 11.6. The summed E-state index contributed by atoms with van der Waals surface area (Å²) in [5, 5.41) is 5.29. The van der Waals surface area contributed by atoms with Crippen molar-refractivity contribution in [3.8, 4) is 0 Å². The van der Waals surface area contributed by atoms with Gasteiger partial charge in [0.25, 0.3) is 0 Å². The molecule has 2 nitrogen and oxygen atoms in total. The number of thioether (sulfide) groups is 1. The Kier molecular flexibility index (Phi) is 5.04. The highest BCUT2D eigenvalue weighted by Gasteiger charge is 2.03. The number of rotatable bonds is 6. The molecule has 0 aliphatic heterocycles. The molecule has 2 aromatic carbocycles. The number of nitrogens with one attached hydrogen (secondary N) is 1. The van der Waals surface area contributed by atoms with Crippen LogP contribution in [-0.2, 0) is 10.5 Å². The lowest BCUT2D eigenvalue weighted by Gasteiger charge is -2.06. The zero-order valence-electron chi connectivity index (χ0n) is 10.8. The summed E-state index contributed by atoms with van der Waals surface area (Å²) in [6, 6.07) is 14.6. The minimum absolute atomic E-state index is 0.0603. The van der Waals surface area contributed by atoms with Crippen LogP contribution in [0.3, 0.4) is 0 Å². The fraction of sp³-hybridized carbons (Fsp3) is 0.188. The Morgan fingerprint density at radius 1 is 1.21 bits per heavy atom. The quantitative estimate of drug-likeness (QED) is 0.816. The molecule has 0 saturated heterocycles. The summed E-state index contributed by atoms with van der Waals surface area (Å²) >= 11 is 1.63. The molecular weight excluding hydrogens is 254 g/mol. The molecule has 19 heavy (non-hydrogen) atoms. The highest BCUT2D eigenvalue weighted by Crippen LogP contribution is 2.22. The van der Waals surface area contributed by atoms with Crippen LogP contribution in [0, 0.1) is 0 Å². The molecule has 2 rings (SSSR count). The van der Waals surface area contributed by atoms with E-state index in [-0.39, 0.29) is 5.91 Å². The van der Waals surface area contributed by atoms with E-state index in [1.807, 2.05) is 12.1 Å². The van der Waals surface area contributed by atoms with Crippen LogP contribution in [0.4, 0.5) is 0 Å². The highest BCUT2D eigenvalue weighted by atomic mass is 32.2. The average molecular weight is 271 g/mol. The van der Waals surface area contributed by atoms with Crippen molar-refractivity contribution in [1.29, 1.82) is 0 Å². The summed E-state index contributed by atoms with van der Waals surface area (Å²) in [6.07, 6.45) is 1.69. The van der Waals surface area contributed by atoms with Gasteiger partial charge < -0.3 is 5.32 Å². The molecule has 1 amide bonds. The molecule has 98 valence electrons. The van der Waals surface area contributed by atoms with Gasteiger partial charge in [-0.3, -0.25) is 4.79 Å². The fourth-order valence-corrected chi connectivity index (χ4v) is 2.77. The molecule has 3 heteroatoms. The number of amides is 1. The first-order valence-corrected chi connectivity index (χ1v) is 7.38. The Balaban J connectivity index is 1.95. The second-order valence-corrected chi connectivity index (χ2v) is 5.21. The first-order chi connectivity index (χ1) is 9.31. The third kappa shape index (κ3) is 3.86. The summed E-state index contributed by atoms with van der Waals surface area (Å²) in [4.78, 5) is 11.5. The van der Waals surface area contributed by atoms with Gasteiger partial charge in [-0.15, -0.1) is 18.3 Å². The molecule has 0 heterocycles. The predicted octanol–water partition coefficient (Wildman–Crippen LogP) is 3.38. The smallest absolute Gasteiger partial charge is 0.230 e. The summed E-state index contributed by atoms with van der Waals surface area (Å²) in [5.41, 5.74) is 1.28. The second kappa shape index (κ2) is 7.00. The average Bonchev–Trinajstić information content (AvgIpc) is 2.45. The summed E-state index contributed by atoms with van der Waals surface area (Å²) in [7, 11) is 0. The van der Waals surface area contributed by atoms with Crippen LogP contribution in [-0.4, -0.2) is 18.2 Å². The van der Waals surface area contributed by atoms with E-state index in [0.29, 0.717) is 12.3 Å². The second-order valence-electron chi connectivity index (χ2n) is 4.22. The lowest BCUT2D eigenvalue weighted by Crippen LogP contribution is -2.24. The molecule has 0 bridgehead atoms. The standard InChI is InChI=1S/C16H17NOS/c1-2-10-17-16(18)12-19-11-14-8-5-7-13-6-3-4-9-15(13)14/h2-9H,1,10-12H2,(H,17,18). The van der Waals surface area contributed by atoms with Crippen molar-refractivity contribution in [2.75, 3.05) is 12.3 Å². The van der Waals surface area contributed by atoms with Crippen molar-refractivity contribution >= 4 is 28.4 Å². The Labute approximate surface area is 117 Å². The summed E-state index contributed by atoms with van der Waals surface area (Å²) in [6.45, 7) is 4.11. The highest BCUT2D eigenvalue weighted by molar-refractivity contribution is 7.99. The van der Waals surface area contributed by atoms with E-state index >= 15 is 0 Å². The van der Waals surface area contributed by atoms with Gasteiger partial charge in [0, 0.05) is 12.3 Å². The molecule has 0 aromatic heterocycles. The minimum atomic E-state index is 0.0603. The number of fused-ring (bicyclic) bond motifs is 1. The van der Waals surface area contributed by atoms with Crippen molar-refractivity contribution in [3.63, 3.8) is 0 Å². The van der Waals surface area contributed by atoms with Crippen molar-refractivity contribution < 1.29 is 4.79 Å². The lowest BCUT2D eigenvalue weighted by molar-refractivity contribution is -0.118. The van der Waals surface area contributed by atoms with Crippen LogP contribution < -0.4 is 5.32 Å². The maximum atomic E-state index is 11.5. The van der Waals surface area contributed by atoms with Gasteiger partial charge in [0.1, 0.15) is 0 Å². The van der Waals surface area contributed by atoms with E-state index in [9.17, 15) is 4.79 Å². The molecule has 0 spiro atoms. The van der Waals surface area contributed by atoms with E-state index < -0.39 is 0 Å². The van der Waals surface area contributed by atoms with Crippen molar-refractivity contribution in [2.45, 2.75) is 5.75 Å². The maximum absolute atomic E-state index is 11.5. The van der Waals surface area contributed by atoms with Gasteiger partial charge in [0.15, 0.2) is 0 Å². The maximum Gasteiger partial charge on any atom is 0.230 e. The summed E-state index contributed by atoms with van der Waals surface area (Å²) in [5.74, 6) is 1.39. The lowest BCUT2D eigenvalue weighted by atomic mass is 10.1. The van der Waals surface area contributed by atoms with Crippen LogP contribution in [0.25, 0.3) is 10.8 Å². The predicted molar refractivity (Wildman–Crippen MR) is 83.3 cm³/mol. The number of carbonyl (C=O) groups is 1. The van der Waals surface area contributed by atoms with Crippen LogP contribution in [0.15, 0.2) is 55.1 Å². The van der Waals surface area contributed by atoms with Crippen LogP contribution in [0.1, 0.15) is 5.56 Å². The molecule has 0 aliphatic rings. The number of hydrogen-bond acceptors (Lipinski definition) is 2. The van der Waals surface area contributed by atoms with Crippen molar-refractivity contribution in [3.05, 3.63) is 60.7 Å². The van der Waals surface area contributed by atoms with Gasteiger partial charge in [-0.25, -0.2) is 0 Å². The minimum Gasteiger partial charge on any atom is -0.352 e. The molecule has 0 radical (unpaired) electrons. The Morgan fingerprint density at radius 3 is 2.84 bits per heavy atom. The van der Waals surface area contributed by atoms with E-state index in [2.05, 4.69) is 42.2 Å². The number of carbonyl (C=O) groups excluding carboxylic acids is 1. The van der Waals surface area contributed by atoms with Crippen molar-refractivity contribution in [2.24, 2.45) is 0 Å². The first-order valence-electron chi connectivity index (χ1n) is 6.23. The SMILES string of the molecule is C=CCNC(=O)CSCc1cccc2ccccc12. The molecular formula is C16H17NOS. The Hall–Kier alpha value is -1.74. The third-order valence-corrected chi connectivity index (χ3v) is 3.80. The van der Waals surface area contributed by atoms with Crippen LogP contribution in [0.5, 0.6) is 0 Å². The van der Waals surface area contributed by atoms with Gasteiger partial charge >= 0.3 is 0 Å². The molecule has 0 unspecified atom stereocenters. The Bertz CT molecular complexity index is 574. The van der Waals surface area contributed by atoms with E-state index in [0.717, 1.165) is 5.75 Å². The number of benzene rings is 2. The van der Waals surface area contributed by atoms with E-state index in [1.54, 1.807) is 17.8 Å².